The van der Waals surface area contributed by atoms with Gasteiger partial charge in [-0.1, -0.05) is 0 Å². The second-order valence-electron chi connectivity index (χ2n) is 8.80. The maximum Gasteiger partial charge on any atom is 0.248 e. The molecule has 31 heavy (non-hydrogen) atoms. The highest BCUT2D eigenvalue weighted by molar-refractivity contribution is 6.14. The van der Waals surface area contributed by atoms with Crippen molar-refractivity contribution in [1.29, 1.82) is 0 Å². The zero-order valence-corrected chi connectivity index (χ0v) is 17.6. The van der Waals surface area contributed by atoms with Crippen LogP contribution in [0.2, 0.25) is 0 Å². The number of nitrogens with one attached hydrogen (secondary N) is 1. The Kier molecular flexibility index (Phi) is 5.60. The Morgan fingerprint density at radius 2 is 1.84 bits per heavy atom. The van der Waals surface area contributed by atoms with Gasteiger partial charge in [-0.25, -0.2) is 8.78 Å². The zero-order valence-electron chi connectivity index (χ0n) is 17.6. The number of halogens is 2. The van der Waals surface area contributed by atoms with Gasteiger partial charge in [0.1, 0.15) is 0 Å². The summed E-state index contributed by atoms with van der Waals surface area (Å²) in [5, 5.41) is 15.6. The molecule has 1 saturated heterocycles. The van der Waals surface area contributed by atoms with E-state index in [0.717, 1.165) is 40.7 Å². The number of nitrogens with zero attached hydrogens (tertiary/aromatic N) is 2. The minimum absolute atomic E-state index is 0.0297. The molecule has 8 heteroatoms. The molecule has 0 bridgehead atoms. The lowest BCUT2D eigenvalue weighted by molar-refractivity contribution is -0.0360. The van der Waals surface area contributed by atoms with Crippen LogP contribution in [0.1, 0.15) is 50.1 Å². The van der Waals surface area contributed by atoms with E-state index in [1.807, 2.05) is 22.8 Å². The largest absolute Gasteiger partial charge is 0.494 e. The van der Waals surface area contributed by atoms with Gasteiger partial charge in [0.15, 0.2) is 0 Å². The van der Waals surface area contributed by atoms with Crippen molar-refractivity contribution in [2.75, 3.05) is 38.3 Å². The molecule has 6 nitrogen and oxygen atoms in total. The minimum atomic E-state index is -2.54. The molecule has 5 rings (SSSR count). The van der Waals surface area contributed by atoms with Gasteiger partial charge in [-0.3, -0.25) is 4.99 Å². The molecule has 2 fully saturated rings. The Labute approximate surface area is 180 Å². The van der Waals surface area contributed by atoms with Crippen LogP contribution in [0.4, 0.5) is 14.5 Å². The van der Waals surface area contributed by atoms with Crippen LogP contribution >= 0.6 is 0 Å². The van der Waals surface area contributed by atoms with Crippen molar-refractivity contribution in [3.8, 4) is 5.88 Å². The molecule has 0 amide bonds. The minimum Gasteiger partial charge on any atom is -0.494 e. The first-order chi connectivity index (χ1) is 15.0. The van der Waals surface area contributed by atoms with E-state index in [4.69, 9.17) is 9.47 Å². The molecule has 0 radical (unpaired) electrons. The summed E-state index contributed by atoms with van der Waals surface area (Å²) in [6, 6.07) is 6.20. The van der Waals surface area contributed by atoms with Crippen molar-refractivity contribution >= 4 is 22.3 Å². The van der Waals surface area contributed by atoms with Gasteiger partial charge in [0.25, 0.3) is 0 Å². The van der Waals surface area contributed by atoms with Crippen LogP contribution in [0, 0.1) is 0 Å². The highest BCUT2D eigenvalue weighted by Crippen LogP contribution is 2.40. The SMILES string of the molecule is Oc1c(C2=NCCOC2)c2cc(NC3CCC(F)(F)CC3)ccc2n1C1CCOCC1. The number of ether oxygens (including phenoxy) is 2. The van der Waals surface area contributed by atoms with Crippen molar-refractivity contribution in [2.45, 2.75) is 56.5 Å². The number of aromatic hydroxyl groups is 1. The Bertz CT molecular complexity index is 972. The van der Waals surface area contributed by atoms with Gasteiger partial charge in [0.05, 0.1) is 36.6 Å². The lowest BCUT2D eigenvalue weighted by Gasteiger charge is -2.29. The smallest absolute Gasteiger partial charge is 0.248 e. The highest BCUT2D eigenvalue weighted by Gasteiger charge is 2.35. The monoisotopic (exact) mass is 433 g/mol. The van der Waals surface area contributed by atoms with E-state index in [-0.39, 0.29) is 30.8 Å². The third kappa shape index (κ3) is 4.15. The van der Waals surface area contributed by atoms with Crippen LogP contribution in [0.25, 0.3) is 10.9 Å². The van der Waals surface area contributed by atoms with Gasteiger partial charge in [0, 0.05) is 49.2 Å². The van der Waals surface area contributed by atoms with Crippen LogP contribution in [-0.2, 0) is 9.47 Å². The average Bonchev–Trinajstić information content (AvgIpc) is 3.07. The van der Waals surface area contributed by atoms with E-state index in [9.17, 15) is 13.9 Å². The molecule has 2 aromatic rings. The fourth-order valence-electron chi connectivity index (χ4n) is 5.02. The van der Waals surface area contributed by atoms with E-state index >= 15 is 0 Å². The normalized spacial score (nSPS) is 23.1. The predicted octanol–water partition coefficient (Wildman–Crippen LogP) is 4.51. The van der Waals surface area contributed by atoms with Crippen LogP contribution in [0.3, 0.4) is 0 Å². The quantitative estimate of drug-likeness (QED) is 0.745. The molecule has 1 aromatic heterocycles. The van der Waals surface area contributed by atoms with Gasteiger partial charge in [-0.2, -0.15) is 0 Å². The van der Waals surface area contributed by atoms with Crippen LogP contribution < -0.4 is 5.32 Å². The Hall–Kier alpha value is -2.19. The number of hydrogen-bond donors (Lipinski definition) is 2. The number of aromatic nitrogens is 1. The summed E-state index contributed by atoms with van der Waals surface area (Å²) in [7, 11) is 0. The maximum absolute atomic E-state index is 13.5. The Morgan fingerprint density at radius 1 is 1.06 bits per heavy atom. The maximum atomic E-state index is 13.5. The van der Waals surface area contributed by atoms with E-state index in [2.05, 4.69) is 10.3 Å². The summed E-state index contributed by atoms with van der Waals surface area (Å²) in [5.74, 6) is -2.32. The second-order valence-corrected chi connectivity index (χ2v) is 8.80. The van der Waals surface area contributed by atoms with Gasteiger partial charge >= 0.3 is 0 Å². The fraction of sp³-hybridized carbons (Fsp3) is 0.609. The molecule has 0 atom stereocenters. The lowest BCUT2D eigenvalue weighted by atomic mass is 9.92. The average molecular weight is 433 g/mol. The Morgan fingerprint density at radius 3 is 2.55 bits per heavy atom. The highest BCUT2D eigenvalue weighted by atomic mass is 19.3. The number of hydrogen-bond acceptors (Lipinski definition) is 5. The van der Waals surface area contributed by atoms with E-state index in [0.29, 0.717) is 45.8 Å². The molecule has 2 aliphatic heterocycles. The first kappa shape index (κ1) is 20.7. The van der Waals surface area contributed by atoms with Crippen LogP contribution in [-0.4, -0.2) is 60.3 Å². The summed E-state index contributed by atoms with van der Waals surface area (Å²) < 4.78 is 40.2. The molecular weight excluding hydrogens is 404 g/mol. The van der Waals surface area contributed by atoms with Crippen molar-refractivity contribution in [1.82, 2.24) is 4.57 Å². The third-order valence-electron chi connectivity index (χ3n) is 6.69. The first-order valence-electron chi connectivity index (χ1n) is 11.2. The molecular formula is C23H29F2N3O3. The number of anilines is 1. The second kappa shape index (κ2) is 8.39. The predicted molar refractivity (Wildman–Crippen MR) is 116 cm³/mol. The summed E-state index contributed by atoms with van der Waals surface area (Å²) in [5.41, 5.74) is 3.31. The molecule has 1 saturated carbocycles. The summed E-state index contributed by atoms with van der Waals surface area (Å²) in [4.78, 5) is 4.62. The fourth-order valence-corrected chi connectivity index (χ4v) is 5.02. The standard InChI is InChI=1S/C23H29F2N3O3/c24-23(25)7-3-15(4-8-23)27-16-1-2-20-18(13-16)21(19-14-31-12-9-26-19)22(29)28(20)17-5-10-30-11-6-17/h1-2,13,15,17,27,29H,3-12,14H2. The molecule has 3 heterocycles. The topological polar surface area (TPSA) is 68.0 Å². The molecule has 2 N–H and O–H groups in total. The van der Waals surface area contributed by atoms with Crippen molar-refractivity contribution in [2.24, 2.45) is 4.99 Å². The van der Waals surface area contributed by atoms with Crippen LogP contribution in [0.5, 0.6) is 5.88 Å². The van der Waals surface area contributed by atoms with Crippen molar-refractivity contribution < 1.29 is 23.4 Å². The van der Waals surface area contributed by atoms with Gasteiger partial charge in [-0.15, -0.1) is 0 Å². The lowest BCUT2D eigenvalue weighted by Crippen LogP contribution is -2.32. The molecule has 0 spiro atoms. The van der Waals surface area contributed by atoms with Gasteiger partial charge in [0.2, 0.25) is 11.8 Å². The van der Waals surface area contributed by atoms with Gasteiger partial charge in [-0.05, 0) is 43.9 Å². The van der Waals surface area contributed by atoms with Crippen molar-refractivity contribution in [3.63, 3.8) is 0 Å². The number of rotatable bonds is 4. The summed E-state index contributed by atoms with van der Waals surface area (Å²) in [6.07, 6.45) is 2.44. The van der Waals surface area contributed by atoms with E-state index in [1.165, 1.54) is 0 Å². The van der Waals surface area contributed by atoms with Gasteiger partial charge < -0.3 is 24.5 Å². The van der Waals surface area contributed by atoms with E-state index in [1.54, 1.807) is 0 Å². The molecule has 3 aliphatic rings. The molecule has 1 aromatic carbocycles. The molecule has 0 unspecified atom stereocenters. The number of alkyl halides is 2. The summed E-state index contributed by atoms with van der Waals surface area (Å²) in [6.45, 7) is 2.88. The number of fused-ring (bicyclic) bond motifs is 1. The molecule has 1 aliphatic carbocycles. The third-order valence-corrected chi connectivity index (χ3v) is 6.69. The van der Waals surface area contributed by atoms with Crippen molar-refractivity contribution in [3.05, 3.63) is 23.8 Å². The zero-order chi connectivity index (χ0) is 21.4. The first-order valence-corrected chi connectivity index (χ1v) is 11.2. The van der Waals surface area contributed by atoms with E-state index < -0.39 is 5.92 Å². The summed E-state index contributed by atoms with van der Waals surface area (Å²) >= 11 is 0. The molecule has 168 valence electrons. The number of aliphatic imine (C=N–C) groups is 1. The number of benzene rings is 1. The van der Waals surface area contributed by atoms with Crippen LogP contribution in [0.15, 0.2) is 23.2 Å². The Balaban J connectivity index is 1.52.